The normalized spacial score (nSPS) is 19.3. The first-order valence-electron chi connectivity index (χ1n) is 5.73. The Morgan fingerprint density at radius 1 is 1.36 bits per heavy atom. The second kappa shape index (κ2) is 4.92. The average molecular weight is 210 g/mol. The lowest BCUT2D eigenvalue weighted by molar-refractivity contribution is -0.117. The third kappa shape index (κ3) is 2.81. The number of rotatable bonds is 4. The summed E-state index contributed by atoms with van der Waals surface area (Å²) >= 11 is 0. The van der Waals surface area contributed by atoms with Crippen LogP contribution in [0.15, 0.2) is 12.7 Å². The van der Waals surface area contributed by atoms with E-state index in [0.717, 1.165) is 18.9 Å². The van der Waals surface area contributed by atoms with Crippen molar-refractivity contribution in [2.45, 2.75) is 51.2 Å². The van der Waals surface area contributed by atoms with Crippen LogP contribution in [0.2, 0.25) is 19.1 Å². The van der Waals surface area contributed by atoms with Crippen LogP contribution in [-0.4, -0.2) is 13.5 Å². The summed E-state index contributed by atoms with van der Waals surface area (Å²) in [6.07, 6.45) is 8.06. The van der Waals surface area contributed by atoms with Gasteiger partial charge in [-0.1, -0.05) is 38.4 Å². The largest absolute Gasteiger partial charge is 0.305 e. The highest BCUT2D eigenvalue weighted by Crippen LogP contribution is 2.28. The van der Waals surface area contributed by atoms with Crippen LogP contribution in [0.25, 0.3) is 0 Å². The lowest BCUT2D eigenvalue weighted by Gasteiger charge is -2.28. The van der Waals surface area contributed by atoms with Crippen LogP contribution in [0, 0.1) is 5.92 Å². The second-order valence-corrected chi connectivity index (χ2v) is 9.74. The summed E-state index contributed by atoms with van der Waals surface area (Å²) in [4.78, 5) is 12.2. The van der Waals surface area contributed by atoms with Crippen LogP contribution in [0.4, 0.5) is 0 Å². The zero-order valence-electron chi connectivity index (χ0n) is 9.51. The molecule has 1 aliphatic rings. The molecule has 0 radical (unpaired) electrons. The minimum Gasteiger partial charge on any atom is -0.305 e. The smallest absolute Gasteiger partial charge is 0.131 e. The van der Waals surface area contributed by atoms with Gasteiger partial charge in [0, 0.05) is 5.92 Å². The molecule has 0 aromatic rings. The van der Waals surface area contributed by atoms with Gasteiger partial charge in [0.1, 0.15) is 13.5 Å². The van der Waals surface area contributed by atoms with Gasteiger partial charge in [0.15, 0.2) is 0 Å². The quantitative estimate of drug-likeness (QED) is 0.512. The standard InChI is InChI=1S/C12H22OSi/c1-4-10-14(2,3)12(13)11-8-6-5-7-9-11/h4,11H,1,5-10H2,2-3H3. The minimum absolute atomic E-state index is 0.394. The van der Waals surface area contributed by atoms with Crippen molar-refractivity contribution in [2.75, 3.05) is 0 Å². The molecule has 1 rings (SSSR count). The average Bonchev–Trinajstić information content (AvgIpc) is 2.18. The Hall–Kier alpha value is -0.373. The maximum atomic E-state index is 12.2. The van der Waals surface area contributed by atoms with E-state index < -0.39 is 8.07 Å². The predicted molar refractivity (Wildman–Crippen MR) is 64.1 cm³/mol. The topological polar surface area (TPSA) is 17.1 Å². The Morgan fingerprint density at radius 2 is 1.93 bits per heavy atom. The first-order chi connectivity index (χ1) is 6.58. The van der Waals surface area contributed by atoms with E-state index in [2.05, 4.69) is 19.7 Å². The molecule has 0 atom stereocenters. The molecule has 0 aliphatic heterocycles. The highest BCUT2D eigenvalue weighted by Gasteiger charge is 2.34. The molecule has 0 unspecified atom stereocenters. The van der Waals surface area contributed by atoms with Crippen molar-refractivity contribution < 1.29 is 4.79 Å². The Bertz CT molecular complexity index is 214. The molecule has 2 heteroatoms. The highest BCUT2D eigenvalue weighted by molar-refractivity contribution is 7.04. The van der Waals surface area contributed by atoms with Crippen LogP contribution in [0.5, 0.6) is 0 Å². The number of carbonyl (C=O) groups excluding carboxylic acids is 1. The Labute approximate surface area is 88.6 Å². The maximum Gasteiger partial charge on any atom is 0.131 e. The van der Waals surface area contributed by atoms with Crippen molar-refractivity contribution in [1.29, 1.82) is 0 Å². The molecule has 14 heavy (non-hydrogen) atoms. The Morgan fingerprint density at radius 3 is 2.43 bits per heavy atom. The molecule has 1 nitrogen and oxygen atoms in total. The summed E-state index contributed by atoms with van der Waals surface area (Å²) < 4.78 is 0. The van der Waals surface area contributed by atoms with E-state index in [4.69, 9.17) is 0 Å². The fourth-order valence-corrected chi connectivity index (χ4v) is 4.70. The summed E-state index contributed by atoms with van der Waals surface area (Å²) in [6, 6.07) is 0.947. The van der Waals surface area contributed by atoms with E-state index in [1.165, 1.54) is 19.3 Å². The van der Waals surface area contributed by atoms with Crippen molar-refractivity contribution in [2.24, 2.45) is 5.92 Å². The van der Waals surface area contributed by atoms with Crippen LogP contribution < -0.4 is 0 Å². The van der Waals surface area contributed by atoms with Gasteiger partial charge in [0.05, 0.1) is 0 Å². The maximum absolute atomic E-state index is 12.2. The van der Waals surface area contributed by atoms with Crippen molar-refractivity contribution >= 4 is 13.5 Å². The summed E-state index contributed by atoms with van der Waals surface area (Å²) in [6.45, 7) is 8.13. The summed E-state index contributed by atoms with van der Waals surface area (Å²) in [7, 11) is -1.65. The first kappa shape index (κ1) is 11.7. The minimum atomic E-state index is -1.65. The summed E-state index contributed by atoms with van der Waals surface area (Å²) in [5.74, 6) is 0.394. The molecule has 0 saturated heterocycles. The molecule has 1 aliphatic carbocycles. The van der Waals surface area contributed by atoms with E-state index in [9.17, 15) is 4.79 Å². The third-order valence-corrected chi connectivity index (χ3v) is 6.35. The molecule has 0 heterocycles. The molecule has 0 spiro atoms. The van der Waals surface area contributed by atoms with Gasteiger partial charge < -0.3 is 4.79 Å². The van der Waals surface area contributed by atoms with Gasteiger partial charge in [0.25, 0.3) is 0 Å². The molecular formula is C12H22OSi. The monoisotopic (exact) mass is 210 g/mol. The van der Waals surface area contributed by atoms with E-state index in [1.54, 1.807) is 0 Å². The van der Waals surface area contributed by atoms with Crippen LogP contribution in [0.3, 0.4) is 0 Å². The molecule has 1 saturated carbocycles. The van der Waals surface area contributed by atoms with E-state index in [0.29, 0.717) is 11.3 Å². The zero-order chi connectivity index (χ0) is 10.6. The molecule has 0 aromatic heterocycles. The van der Waals surface area contributed by atoms with Gasteiger partial charge in [-0.15, -0.1) is 6.58 Å². The summed E-state index contributed by atoms with van der Waals surface area (Å²) in [5.41, 5.74) is 0. The van der Waals surface area contributed by atoms with Gasteiger partial charge in [-0.2, -0.15) is 0 Å². The zero-order valence-corrected chi connectivity index (χ0v) is 10.5. The summed E-state index contributed by atoms with van der Waals surface area (Å²) in [5, 5.41) is 0.595. The van der Waals surface area contributed by atoms with Gasteiger partial charge in [-0.25, -0.2) is 0 Å². The van der Waals surface area contributed by atoms with Gasteiger partial charge in [-0.3, -0.25) is 0 Å². The van der Waals surface area contributed by atoms with E-state index in [1.807, 2.05) is 6.08 Å². The lowest BCUT2D eigenvalue weighted by atomic mass is 9.90. The first-order valence-corrected chi connectivity index (χ1v) is 8.94. The van der Waals surface area contributed by atoms with Crippen molar-refractivity contribution in [3.05, 3.63) is 12.7 Å². The van der Waals surface area contributed by atoms with Gasteiger partial charge in [0.2, 0.25) is 0 Å². The van der Waals surface area contributed by atoms with Crippen LogP contribution in [-0.2, 0) is 4.79 Å². The van der Waals surface area contributed by atoms with E-state index >= 15 is 0 Å². The molecule has 1 fully saturated rings. The fourth-order valence-electron chi connectivity index (χ4n) is 2.38. The number of carbonyl (C=O) groups is 1. The predicted octanol–water partition coefficient (Wildman–Crippen LogP) is 3.57. The molecule has 0 bridgehead atoms. The SMILES string of the molecule is C=CC[Si](C)(C)C(=O)C1CCCCC1. The van der Waals surface area contributed by atoms with Crippen molar-refractivity contribution in [3.63, 3.8) is 0 Å². The van der Waals surface area contributed by atoms with Gasteiger partial charge >= 0.3 is 0 Å². The second-order valence-electron chi connectivity index (χ2n) is 5.08. The molecule has 0 aromatic carbocycles. The molecule has 80 valence electrons. The Kier molecular flexibility index (Phi) is 4.11. The molecular weight excluding hydrogens is 188 g/mol. The lowest BCUT2D eigenvalue weighted by Crippen LogP contribution is -2.42. The van der Waals surface area contributed by atoms with Gasteiger partial charge in [-0.05, 0) is 18.9 Å². The van der Waals surface area contributed by atoms with E-state index in [-0.39, 0.29) is 0 Å². The Balaban J connectivity index is 2.57. The van der Waals surface area contributed by atoms with Crippen LogP contribution >= 0.6 is 0 Å². The number of hydrogen-bond donors (Lipinski definition) is 0. The molecule has 0 amide bonds. The fraction of sp³-hybridized carbons (Fsp3) is 0.750. The van der Waals surface area contributed by atoms with Crippen LogP contribution in [0.1, 0.15) is 32.1 Å². The van der Waals surface area contributed by atoms with Crippen molar-refractivity contribution in [1.82, 2.24) is 0 Å². The molecule has 0 N–H and O–H groups in total. The number of hydrogen-bond acceptors (Lipinski definition) is 1. The van der Waals surface area contributed by atoms with Crippen molar-refractivity contribution in [3.8, 4) is 0 Å². The third-order valence-electron chi connectivity index (χ3n) is 3.30. The highest BCUT2D eigenvalue weighted by atomic mass is 28.3. The number of allylic oxidation sites excluding steroid dienone is 1.